The third-order valence-corrected chi connectivity index (χ3v) is 2.81. The lowest BCUT2D eigenvalue weighted by molar-refractivity contribution is 0.0164. The van der Waals surface area contributed by atoms with E-state index in [4.69, 9.17) is 4.74 Å². The highest BCUT2D eigenvalue weighted by Crippen LogP contribution is 2.10. The second-order valence-corrected chi connectivity index (χ2v) is 6.30. The molecule has 0 aromatic carbocycles. The van der Waals surface area contributed by atoms with Crippen molar-refractivity contribution in [1.29, 1.82) is 0 Å². The molecule has 0 saturated heterocycles. The van der Waals surface area contributed by atoms with Gasteiger partial charge in [0.1, 0.15) is 5.60 Å². The van der Waals surface area contributed by atoms with Crippen LogP contribution >= 0.6 is 0 Å². The Kier molecular flexibility index (Phi) is 6.76. The van der Waals surface area contributed by atoms with Crippen molar-refractivity contribution in [3.05, 3.63) is 11.9 Å². The molecule has 1 aromatic heterocycles. The number of rotatable bonds is 7. The van der Waals surface area contributed by atoms with Gasteiger partial charge in [-0.05, 0) is 27.7 Å². The normalized spacial score (nSPS) is 13.0. The Labute approximate surface area is 131 Å². The van der Waals surface area contributed by atoms with E-state index in [2.05, 4.69) is 15.6 Å². The first-order valence-electron chi connectivity index (χ1n) is 7.39. The maximum atomic E-state index is 12.1. The van der Waals surface area contributed by atoms with Gasteiger partial charge in [-0.15, -0.1) is 5.10 Å². The van der Waals surface area contributed by atoms with Crippen LogP contribution in [0, 0.1) is 0 Å². The van der Waals surface area contributed by atoms with Gasteiger partial charge in [-0.1, -0.05) is 5.21 Å². The van der Waals surface area contributed by atoms with Crippen LogP contribution in [0.15, 0.2) is 6.20 Å². The van der Waals surface area contributed by atoms with E-state index in [1.807, 2.05) is 27.8 Å². The van der Waals surface area contributed by atoms with Crippen LogP contribution in [0.2, 0.25) is 0 Å². The molecule has 0 fully saturated rings. The molecule has 0 aliphatic heterocycles. The average molecular weight is 313 g/mol. The Hall–Kier alpha value is -1.67. The molecule has 0 aliphatic carbocycles. The van der Waals surface area contributed by atoms with E-state index in [1.54, 1.807) is 17.8 Å². The molecule has 0 saturated carbocycles. The van der Waals surface area contributed by atoms with Gasteiger partial charge in [-0.2, -0.15) is 0 Å². The van der Waals surface area contributed by atoms with E-state index in [-0.39, 0.29) is 6.54 Å². The summed E-state index contributed by atoms with van der Waals surface area (Å²) in [5, 5.41) is 20.4. The number of ether oxygens (including phenoxy) is 1. The van der Waals surface area contributed by atoms with E-state index < -0.39 is 17.8 Å². The Balaban J connectivity index is 2.44. The summed E-state index contributed by atoms with van der Waals surface area (Å²) in [6.45, 7) is 8.98. The summed E-state index contributed by atoms with van der Waals surface area (Å²) in [5.74, 6) is 0. The fourth-order valence-electron chi connectivity index (χ4n) is 1.80. The van der Waals surface area contributed by atoms with Gasteiger partial charge in [-0.3, -0.25) is 4.68 Å². The Morgan fingerprint density at radius 1 is 1.55 bits per heavy atom. The third-order valence-electron chi connectivity index (χ3n) is 2.81. The summed E-state index contributed by atoms with van der Waals surface area (Å²) in [5.41, 5.74) is 0.404. The molecule has 8 heteroatoms. The summed E-state index contributed by atoms with van der Waals surface area (Å²) < 4.78 is 7.04. The lowest BCUT2D eigenvalue weighted by atomic mass is 10.2. The lowest BCUT2D eigenvalue weighted by Crippen LogP contribution is -2.43. The van der Waals surface area contributed by atoms with Gasteiger partial charge < -0.3 is 20.1 Å². The van der Waals surface area contributed by atoms with E-state index in [0.717, 1.165) is 5.69 Å². The van der Waals surface area contributed by atoms with Crippen LogP contribution in [0.25, 0.3) is 0 Å². The maximum Gasteiger partial charge on any atom is 0.410 e. The minimum Gasteiger partial charge on any atom is -0.444 e. The Morgan fingerprint density at radius 2 is 2.23 bits per heavy atom. The van der Waals surface area contributed by atoms with Gasteiger partial charge in [0.25, 0.3) is 0 Å². The number of aliphatic hydroxyl groups excluding tert-OH is 1. The Morgan fingerprint density at radius 3 is 2.73 bits per heavy atom. The van der Waals surface area contributed by atoms with Crippen molar-refractivity contribution in [2.75, 3.05) is 19.6 Å². The molecule has 22 heavy (non-hydrogen) atoms. The molecule has 1 unspecified atom stereocenters. The van der Waals surface area contributed by atoms with Crippen molar-refractivity contribution in [3.63, 3.8) is 0 Å². The molecule has 1 aromatic rings. The summed E-state index contributed by atoms with van der Waals surface area (Å²) in [6, 6.07) is 0. The van der Waals surface area contributed by atoms with Crippen LogP contribution in [0.4, 0.5) is 4.79 Å². The minimum absolute atomic E-state index is 0.240. The third kappa shape index (κ3) is 6.86. The molecule has 1 atom stereocenters. The first-order chi connectivity index (χ1) is 10.2. The van der Waals surface area contributed by atoms with E-state index >= 15 is 0 Å². The zero-order valence-electron chi connectivity index (χ0n) is 14.0. The SMILES string of the molecule is CC(O)CN(CCNCc1cnnn1C)C(=O)OC(C)(C)C. The van der Waals surface area contributed by atoms with Crippen molar-refractivity contribution >= 4 is 6.09 Å². The second-order valence-electron chi connectivity index (χ2n) is 6.30. The molecule has 8 nitrogen and oxygen atoms in total. The van der Waals surface area contributed by atoms with Gasteiger partial charge in [0.2, 0.25) is 0 Å². The van der Waals surface area contributed by atoms with Crippen molar-refractivity contribution in [3.8, 4) is 0 Å². The van der Waals surface area contributed by atoms with Crippen molar-refractivity contribution in [1.82, 2.24) is 25.2 Å². The number of amides is 1. The summed E-state index contributed by atoms with van der Waals surface area (Å²) in [7, 11) is 1.82. The lowest BCUT2D eigenvalue weighted by Gasteiger charge is -2.28. The first-order valence-corrected chi connectivity index (χ1v) is 7.39. The van der Waals surface area contributed by atoms with Crippen LogP contribution in [-0.4, -0.2) is 62.4 Å². The number of carbonyl (C=O) groups is 1. The molecule has 0 aliphatic rings. The highest BCUT2D eigenvalue weighted by Gasteiger charge is 2.22. The monoisotopic (exact) mass is 313 g/mol. The number of nitrogens with zero attached hydrogens (tertiary/aromatic N) is 4. The van der Waals surface area contributed by atoms with Crippen molar-refractivity contribution in [2.45, 2.75) is 45.9 Å². The fraction of sp³-hybridized carbons (Fsp3) is 0.786. The Bertz CT molecular complexity index is 467. The van der Waals surface area contributed by atoms with Gasteiger partial charge in [-0.25, -0.2) is 4.79 Å². The van der Waals surface area contributed by atoms with Crippen molar-refractivity contribution < 1.29 is 14.6 Å². The molecule has 0 radical (unpaired) electrons. The maximum absolute atomic E-state index is 12.1. The quantitative estimate of drug-likeness (QED) is 0.713. The number of aliphatic hydroxyl groups is 1. The predicted octanol–water partition coefficient (Wildman–Crippen LogP) is 0.523. The number of hydrogen-bond donors (Lipinski definition) is 2. The molecule has 1 heterocycles. The van der Waals surface area contributed by atoms with Crippen LogP contribution < -0.4 is 5.32 Å². The second kappa shape index (κ2) is 8.09. The molecule has 0 spiro atoms. The van der Waals surface area contributed by atoms with Gasteiger partial charge >= 0.3 is 6.09 Å². The number of hydrogen-bond acceptors (Lipinski definition) is 6. The van der Waals surface area contributed by atoms with E-state index in [9.17, 15) is 9.90 Å². The zero-order valence-corrected chi connectivity index (χ0v) is 14.0. The number of carbonyl (C=O) groups excluding carboxylic acids is 1. The van der Waals surface area contributed by atoms with Gasteiger partial charge in [0, 0.05) is 33.2 Å². The topological polar surface area (TPSA) is 92.5 Å². The highest BCUT2D eigenvalue weighted by atomic mass is 16.6. The number of aromatic nitrogens is 3. The smallest absolute Gasteiger partial charge is 0.410 e. The van der Waals surface area contributed by atoms with E-state index in [0.29, 0.717) is 19.6 Å². The average Bonchev–Trinajstić information content (AvgIpc) is 2.76. The fourth-order valence-corrected chi connectivity index (χ4v) is 1.80. The molecule has 2 N–H and O–H groups in total. The van der Waals surface area contributed by atoms with Crippen LogP contribution in [0.3, 0.4) is 0 Å². The minimum atomic E-state index is -0.603. The largest absolute Gasteiger partial charge is 0.444 e. The summed E-state index contributed by atoms with van der Waals surface area (Å²) >= 11 is 0. The highest BCUT2D eigenvalue weighted by molar-refractivity contribution is 5.68. The molecule has 1 amide bonds. The van der Waals surface area contributed by atoms with Crippen molar-refractivity contribution in [2.24, 2.45) is 7.05 Å². The summed E-state index contributed by atoms with van der Waals surface area (Å²) in [6.07, 6.45) is 0.667. The molecular formula is C14H27N5O3. The molecule has 126 valence electrons. The van der Waals surface area contributed by atoms with Crippen LogP contribution in [0.5, 0.6) is 0 Å². The molecule has 1 rings (SSSR count). The van der Waals surface area contributed by atoms with Crippen LogP contribution in [0.1, 0.15) is 33.4 Å². The summed E-state index contributed by atoms with van der Waals surface area (Å²) in [4.78, 5) is 13.6. The number of aryl methyl sites for hydroxylation is 1. The van der Waals surface area contributed by atoms with Gasteiger partial charge in [0.15, 0.2) is 0 Å². The zero-order chi connectivity index (χ0) is 16.8. The van der Waals surface area contributed by atoms with Gasteiger partial charge in [0.05, 0.1) is 18.0 Å². The van der Waals surface area contributed by atoms with E-state index in [1.165, 1.54) is 4.90 Å². The molecule has 0 bridgehead atoms. The van der Waals surface area contributed by atoms with Crippen LogP contribution in [-0.2, 0) is 18.3 Å². The number of nitrogens with one attached hydrogen (secondary N) is 1. The molecular weight excluding hydrogens is 286 g/mol. The predicted molar refractivity (Wildman–Crippen MR) is 82.2 cm³/mol. The first kappa shape index (κ1) is 18.4. The standard InChI is InChI=1S/C14H27N5O3/c1-11(20)10-19(13(21)22-14(2,3)4)7-6-15-8-12-9-16-17-18(12)5/h9,11,15,20H,6-8,10H2,1-5H3.